The first-order chi connectivity index (χ1) is 15.5. The zero-order valence-corrected chi connectivity index (χ0v) is 17.8. The first-order valence-electron chi connectivity index (χ1n) is 10.8. The first kappa shape index (κ1) is 21.9. The van der Waals surface area contributed by atoms with Crippen molar-refractivity contribution < 1.29 is 19.2 Å². The van der Waals surface area contributed by atoms with Crippen LogP contribution in [0.4, 0.5) is 0 Å². The summed E-state index contributed by atoms with van der Waals surface area (Å²) < 4.78 is 0. The molecule has 1 unspecified atom stereocenters. The van der Waals surface area contributed by atoms with Crippen LogP contribution in [0.5, 0.6) is 0 Å². The van der Waals surface area contributed by atoms with Gasteiger partial charge in [-0.1, -0.05) is 42.5 Å². The Labute approximate surface area is 186 Å². The van der Waals surface area contributed by atoms with Crippen molar-refractivity contribution in [1.82, 2.24) is 15.1 Å². The molecule has 2 aliphatic heterocycles. The number of nitrogens with two attached hydrogens (primary N) is 1. The number of rotatable bonds is 8. The highest BCUT2D eigenvalue weighted by Gasteiger charge is 2.45. The Morgan fingerprint density at radius 2 is 1.75 bits per heavy atom. The van der Waals surface area contributed by atoms with E-state index in [1.807, 2.05) is 24.3 Å². The van der Waals surface area contributed by atoms with E-state index in [9.17, 15) is 19.2 Å². The van der Waals surface area contributed by atoms with Crippen LogP contribution in [-0.2, 0) is 22.6 Å². The summed E-state index contributed by atoms with van der Waals surface area (Å²) >= 11 is 0. The Kier molecular flexibility index (Phi) is 6.43. The maximum absolute atomic E-state index is 13.3. The summed E-state index contributed by atoms with van der Waals surface area (Å²) in [6.07, 6.45) is 1.08. The molecule has 2 heterocycles. The summed E-state index contributed by atoms with van der Waals surface area (Å²) in [5.41, 5.74) is 8.40. The molecule has 0 radical (unpaired) electrons. The number of nitrogens with zero attached hydrogens (tertiary/aromatic N) is 2. The number of hydrogen-bond donors (Lipinski definition) is 2. The molecule has 0 saturated carbocycles. The Hall–Kier alpha value is -3.36. The fourth-order valence-electron chi connectivity index (χ4n) is 4.34. The molecule has 1 fully saturated rings. The molecule has 32 heavy (non-hydrogen) atoms. The lowest BCUT2D eigenvalue weighted by Crippen LogP contribution is -2.54. The number of hydrogen-bond acceptors (Lipinski definition) is 6. The van der Waals surface area contributed by atoms with E-state index in [0.29, 0.717) is 30.8 Å². The molecule has 4 amide bonds. The molecule has 0 spiro atoms. The summed E-state index contributed by atoms with van der Waals surface area (Å²) in [4.78, 5) is 53.2. The molecule has 0 bridgehead atoms. The van der Waals surface area contributed by atoms with Gasteiger partial charge in [0, 0.05) is 32.6 Å². The molecular weight excluding hydrogens is 408 g/mol. The van der Waals surface area contributed by atoms with Crippen LogP contribution in [0.2, 0.25) is 0 Å². The fraction of sp³-hybridized carbons (Fsp3) is 0.333. The van der Waals surface area contributed by atoms with Crippen LogP contribution < -0.4 is 11.1 Å². The number of carbonyl (C=O) groups excluding carboxylic acids is 4. The molecule has 8 nitrogen and oxygen atoms in total. The predicted molar refractivity (Wildman–Crippen MR) is 118 cm³/mol. The molecule has 2 aromatic carbocycles. The summed E-state index contributed by atoms with van der Waals surface area (Å²) in [6, 6.07) is 14.4. The van der Waals surface area contributed by atoms with Crippen molar-refractivity contribution in [3.63, 3.8) is 0 Å². The summed E-state index contributed by atoms with van der Waals surface area (Å²) in [5, 5.41) is 2.22. The number of piperidine rings is 1. The van der Waals surface area contributed by atoms with Crippen LogP contribution in [0.15, 0.2) is 48.5 Å². The van der Waals surface area contributed by atoms with Gasteiger partial charge in [0.2, 0.25) is 11.8 Å². The minimum atomic E-state index is -0.967. The van der Waals surface area contributed by atoms with Gasteiger partial charge in [-0.05, 0) is 30.0 Å². The van der Waals surface area contributed by atoms with Gasteiger partial charge < -0.3 is 5.73 Å². The molecule has 1 atom stereocenters. The SMILES string of the molecule is NCCN(CCc1ccccc1)Cc1cccc2c1C(=O)N(C1CCC(=O)NC1=O)C2=O. The van der Waals surface area contributed by atoms with Gasteiger partial charge in [0.05, 0.1) is 11.1 Å². The standard InChI is InChI=1S/C24H26N4O4/c25-12-14-27(13-11-16-5-2-1-3-6-16)15-17-7-4-8-18-21(17)24(32)28(23(18)31)19-9-10-20(29)26-22(19)30/h1-8,19H,9-15,25H2,(H,26,29,30). The second kappa shape index (κ2) is 9.42. The van der Waals surface area contributed by atoms with Crippen molar-refractivity contribution in [1.29, 1.82) is 0 Å². The van der Waals surface area contributed by atoms with Crippen molar-refractivity contribution in [2.45, 2.75) is 31.8 Å². The van der Waals surface area contributed by atoms with Crippen molar-refractivity contribution >= 4 is 23.6 Å². The van der Waals surface area contributed by atoms with E-state index in [4.69, 9.17) is 5.73 Å². The Balaban J connectivity index is 1.55. The molecule has 1 saturated heterocycles. The topological polar surface area (TPSA) is 113 Å². The number of amides is 4. The Bertz CT molecular complexity index is 1050. The van der Waals surface area contributed by atoms with Crippen LogP contribution >= 0.6 is 0 Å². The quantitative estimate of drug-likeness (QED) is 0.602. The summed E-state index contributed by atoms with van der Waals surface area (Å²) in [7, 11) is 0. The van der Waals surface area contributed by atoms with Crippen molar-refractivity contribution in [3.8, 4) is 0 Å². The third kappa shape index (κ3) is 4.32. The third-order valence-electron chi connectivity index (χ3n) is 5.95. The van der Waals surface area contributed by atoms with Gasteiger partial charge in [-0.3, -0.25) is 34.3 Å². The summed E-state index contributed by atoms with van der Waals surface area (Å²) in [6.45, 7) is 2.34. The maximum atomic E-state index is 13.3. The van der Waals surface area contributed by atoms with E-state index in [0.717, 1.165) is 23.4 Å². The largest absolute Gasteiger partial charge is 0.329 e. The molecule has 4 rings (SSSR count). The normalized spacial score (nSPS) is 18.3. The van der Waals surface area contributed by atoms with Gasteiger partial charge in [-0.25, -0.2) is 0 Å². The van der Waals surface area contributed by atoms with E-state index in [2.05, 4.69) is 22.3 Å². The van der Waals surface area contributed by atoms with Gasteiger partial charge in [-0.15, -0.1) is 0 Å². The maximum Gasteiger partial charge on any atom is 0.262 e. The van der Waals surface area contributed by atoms with E-state index in [1.165, 1.54) is 5.56 Å². The number of imide groups is 2. The van der Waals surface area contributed by atoms with Crippen LogP contribution in [0, 0.1) is 0 Å². The lowest BCUT2D eigenvalue weighted by Gasteiger charge is -2.28. The lowest BCUT2D eigenvalue weighted by molar-refractivity contribution is -0.136. The van der Waals surface area contributed by atoms with E-state index in [-0.39, 0.29) is 18.7 Å². The second-order valence-electron chi connectivity index (χ2n) is 8.09. The molecule has 2 aliphatic rings. The number of benzene rings is 2. The zero-order chi connectivity index (χ0) is 22.7. The highest BCUT2D eigenvalue weighted by Crippen LogP contribution is 2.30. The van der Waals surface area contributed by atoms with Crippen LogP contribution in [0.3, 0.4) is 0 Å². The highest BCUT2D eigenvalue weighted by atomic mass is 16.2. The molecule has 8 heteroatoms. The zero-order valence-electron chi connectivity index (χ0n) is 17.8. The molecular formula is C24H26N4O4. The average molecular weight is 434 g/mol. The minimum absolute atomic E-state index is 0.0977. The van der Waals surface area contributed by atoms with Crippen molar-refractivity contribution in [3.05, 3.63) is 70.8 Å². The van der Waals surface area contributed by atoms with Gasteiger partial charge >= 0.3 is 0 Å². The second-order valence-corrected chi connectivity index (χ2v) is 8.09. The van der Waals surface area contributed by atoms with Crippen LogP contribution in [0.25, 0.3) is 0 Å². The van der Waals surface area contributed by atoms with E-state index < -0.39 is 23.8 Å². The molecule has 3 N–H and O–H groups in total. The molecule has 0 aliphatic carbocycles. The first-order valence-corrected chi connectivity index (χ1v) is 10.8. The molecule has 2 aromatic rings. The summed E-state index contributed by atoms with van der Waals surface area (Å²) in [5.74, 6) is -1.97. The lowest BCUT2D eigenvalue weighted by atomic mass is 10.0. The van der Waals surface area contributed by atoms with Gasteiger partial charge in [0.1, 0.15) is 6.04 Å². The molecule has 166 valence electrons. The van der Waals surface area contributed by atoms with Crippen LogP contribution in [0.1, 0.15) is 44.7 Å². The van der Waals surface area contributed by atoms with Gasteiger partial charge in [-0.2, -0.15) is 0 Å². The average Bonchev–Trinajstić information content (AvgIpc) is 3.04. The third-order valence-corrected chi connectivity index (χ3v) is 5.95. The predicted octanol–water partition coefficient (Wildman–Crippen LogP) is 1.09. The minimum Gasteiger partial charge on any atom is -0.329 e. The Morgan fingerprint density at radius 3 is 2.47 bits per heavy atom. The number of carbonyl (C=O) groups is 4. The molecule has 0 aromatic heterocycles. The van der Waals surface area contributed by atoms with Gasteiger partial charge in [0.15, 0.2) is 0 Å². The fourth-order valence-corrected chi connectivity index (χ4v) is 4.34. The number of fused-ring (bicyclic) bond motifs is 1. The number of nitrogens with one attached hydrogen (secondary N) is 1. The van der Waals surface area contributed by atoms with Crippen LogP contribution in [-0.4, -0.2) is 59.1 Å². The van der Waals surface area contributed by atoms with Crippen molar-refractivity contribution in [2.24, 2.45) is 5.73 Å². The Morgan fingerprint density at radius 1 is 0.969 bits per heavy atom. The van der Waals surface area contributed by atoms with Gasteiger partial charge in [0.25, 0.3) is 11.8 Å². The smallest absolute Gasteiger partial charge is 0.262 e. The monoisotopic (exact) mass is 434 g/mol. The van der Waals surface area contributed by atoms with Crippen molar-refractivity contribution in [2.75, 3.05) is 19.6 Å². The van der Waals surface area contributed by atoms with E-state index >= 15 is 0 Å². The highest BCUT2D eigenvalue weighted by molar-refractivity contribution is 6.24. The van der Waals surface area contributed by atoms with E-state index in [1.54, 1.807) is 12.1 Å².